The molecule has 1 aromatic carbocycles. The number of amides is 3. The molecule has 4 heterocycles. The number of para-hydroxylation sites is 1. The second-order valence-corrected chi connectivity index (χ2v) is 10.8. The molecule has 3 amide bonds. The Morgan fingerprint density at radius 3 is 2.65 bits per heavy atom. The number of thiazole rings is 1. The van der Waals surface area contributed by atoms with Crippen molar-refractivity contribution in [2.24, 2.45) is 4.99 Å². The Labute approximate surface area is 206 Å². The maximum atomic E-state index is 13.2. The smallest absolute Gasteiger partial charge is 0.392 e. The standard InChI is InChI=1S/C22H28N7O3S2/c1-25-18-17(19(31)26(2)22(25)32)29(20(24-18)28-9-7-27(8-10-28)11-13-30)12-14-33-21-23-15-5-3-4-6-16(15)34-21/h3-6,17,30H,7-14H2,1-2H3/q+1. The SMILES string of the molecule is CN1C(=O)C2C(=NC(=[N+]3CCN(CCO)CC3)N2CCSc2nc3ccccc3s2)N(C)C1=O. The average molecular weight is 503 g/mol. The number of aliphatic hydroxyl groups excluding tert-OH is 1. The predicted molar refractivity (Wildman–Crippen MR) is 133 cm³/mol. The number of nitrogens with zero attached hydrogens (tertiary/aromatic N) is 7. The fourth-order valence-electron chi connectivity index (χ4n) is 4.52. The molecule has 12 heteroatoms. The third kappa shape index (κ3) is 4.19. The number of fused-ring (bicyclic) bond motifs is 2. The number of aromatic nitrogens is 1. The first-order chi connectivity index (χ1) is 16.5. The van der Waals surface area contributed by atoms with E-state index in [1.807, 2.05) is 23.1 Å². The summed E-state index contributed by atoms with van der Waals surface area (Å²) < 4.78 is 4.35. The van der Waals surface area contributed by atoms with Crippen molar-refractivity contribution >= 4 is 57.0 Å². The summed E-state index contributed by atoms with van der Waals surface area (Å²) in [5, 5.41) is 9.25. The number of benzene rings is 1. The highest BCUT2D eigenvalue weighted by Crippen LogP contribution is 2.30. The van der Waals surface area contributed by atoms with Crippen LogP contribution in [0.15, 0.2) is 33.6 Å². The van der Waals surface area contributed by atoms with Gasteiger partial charge in [-0.15, -0.1) is 11.3 Å². The van der Waals surface area contributed by atoms with E-state index < -0.39 is 6.04 Å². The molecule has 0 aliphatic carbocycles. The Bertz CT molecular complexity index is 1140. The zero-order chi connectivity index (χ0) is 23.8. The predicted octanol–water partition coefficient (Wildman–Crippen LogP) is 0.671. The lowest BCUT2D eigenvalue weighted by Gasteiger charge is -2.33. The molecule has 0 radical (unpaired) electrons. The number of hydrogen-bond donors (Lipinski definition) is 1. The normalized spacial score (nSPS) is 21.7. The van der Waals surface area contributed by atoms with Crippen LogP contribution in [0.5, 0.6) is 0 Å². The van der Waals surface area contributed by atoms with Gasteiger partial charge in [-0.25, -0.2) is 14.7 Å². The molecular weight excluding hydrogens is 474 g/mol. The van der Waals surface area contributed by atoms with Gasteiger partial charge < -0.3 is 5.11 Å². The lowest BCUT2D eigenvalue weighted by Crippen LogP contribution is -2.63. The number of amidine groups is 1. The third-order valence-corrected chi connectivity index (χ3v) is 8.57. The van der Waals surface area contributed by atoms with E-state index in [1.165, 1.54) is 16.8 Å². The molecule has 0 spiro atoms. The Morgan fingerprint density at radius 1 is 1.15 bits per heavy atom. The molecule has 3 aliphatic rings. The van der Waals surface area contributed by atoms with E-state index in [-0.39, 0.29) is 18.5 Å². The number of carbonyl (C=O) groups is 2. The summed E-state index contributed by atoms with van der Waals surface area (Å²) in [4.78, 5) is 42.1. The van der Waals surface area contributed by atoms with Crippen molar-refractivity contribution in [3.63, 3.8) is 0 Å². The van der Waals surface area contributed by atoms with Crippen LogP contribution in [-0.4, -0.2) is 130 Å². The topological polar surface area (TPSA) is 95.6 Å². The van der Waals surface area contributed by atoms with Crippen LogP contribution < -0.4 is 0 Å². The Hall–Kier alpha value is -2.54. The molecule has 1 aromatic heterocycles. The number of hydrogen-bond acceptors (Lipinski definition) is 7. The van der Waals surface area contributed by atoms with Gasteiger partial charge >= 0.3 is 12.0 Å². The fourth-order valence-corrected chi connectivity index (χ4v) is 6.60. The Balaban J connectivity index is 1.38. The number of carbonyl (C=O) groups excluding carboxylic acids is 2. The van der Waals surface area contributed by atoms with Crippen LogP contribution in [0.1, 0.15) is 0 Å². The molecule has 0 saturated carbocycles. The maximum Gasteiger partial charge on any atom is 0.392 e. The Morgan fingerprint density at radius 2 is 1.91 bits per heavy atom. The van der Waals surface area contributed by atoms with Gasteiger partial charge in [0.1, 0.15) is 0 Å². The van der Waals surface area contributed by atoms with Gasteiger partial charge in [-0.3, -0.25) is 24.1 Å². The quantitative estimate of drug-likeness (QED) is 0.458. The van der Waals surface area contributed by atoms with Crippen LogP contribution in [0.2, 0.25) is 0 Å². The number of aliphatic hydroxyl groups is 1. The second-order valence-electron chi connectivity index (χ2n) is 8.45. The zero-order valence-corrected chi connectivity index (χ0v) is 20.9. The van der Waals surface area contributed by atoms with E-state index in [0.29, 0.717) is 18.9 Å². The number of thioether (sulfide) groups is 1. The van der Waals surface area contributed by atoms with Crippen LogP contribution in [0.3, 0.4) is 0 Å². The van der Waals surface area contributed by atoms with Crippen molar-refractivity contribution < 1.29 is 19.3 Å². The number of β-amino-alcohol motifs (C(OH)–C–C–N with tert-alkyl or cyclic N) is 1. The summed E-state index contributed by atoms with van der Waals surface area (Å²) in [7, 11) is 3.20. The highest BCUT2D eigenvalue weighted by molar-refractivity contribution is 8.01. The van der Waals surface area contributed by atoms with E-state index >= 15 is 0 Å². The van der Waals surface area contributed by atoms with Gasteiger partial charge in [0, 0.05) is 39.5 Å². The van der Waals surface area contributed by atoms with Gasteiger partial charge in [0.2, 0.25) is 11.9 Å². The maximum absolute atomic E-state index is 13.2. The molecule has 0 bridgehead atoms. The Kier molecular flexibility index (Phi) is 6.56. The molecular formula is C22H28N7O3S2+. The molecule has 5 rings (SSSR count). The monoisotopic (exact) mass is 502 g/mol. The van der Waals surface area contributed by atoms with E-state index in [0.717, 1.165) is 52.4 Å². The molecule has 1 N–H and O–H groups in total. The van der Waals surface area contributed by atoms with Gasteiger partial charge in [0.25, 0.3) is 5.91 Å². The fraction of sp³-hybridized carbons (Fsp3) is 0.500. The largest absolute Gasteiger partial charge is 0.395 e. The summed E-state index contributed by atoms with van der Waals surface area (Å²) in [5.74, 6) is 1.73. The number of urea groups is 1. The third-order valence-electron chi connectivity index (χ3n) is 6.41. The highest BCUT2D eigenvalue weighted by Gasteiger charge is 2.55. The number of imide groups is 1. The first-order valence-electron chi connectivity index (χ1n) is 11.3. The highest BCUT2D eigenvalue weighted by atomic mass is 32.2. The van der Waals surface area contributed by atoms with Crippen molar-refractivity contribution in [1.82, 2.24) is 24.6 Å². The van der Waals surface area contributed by atoms with Gasteiger partial charge in [-0.05, 0) is 12.1 Å². The van der Waals surface area contributed by atoms with E-state index in [2.05, 4.69) is 15.5 Å². The van der Waals surface area contributed by atoms with Crippen molar-refractivity contribution in [3.8, 4) is 0 Å². The van der Waals surface area contributed by atoms with Crippen LogP contribution >= 0.6 is 23.1 Å². The zero-order valence-electron chi connectivity index (χ0n) is 19.3. The molecule has 10 nitrogen and oxygen atoms in total. The van der Waals surface area contributed by atoms with Crippen LogP contribution in [0, 0.1) is 0 Å². The molecule has 3 aliphatic heterocycles. The molecule has 2 saturated heterocycles. The minimum atomic E-state index is -0.603. The van der Waals surface area contributed by atoms with Crippen molar-refractivity contribution in [2.45, 2.75) is 10.4 Å². The summed E-state index contributed by atoms with van der Waals surface area (Å²) in [6.45, 7) is 4.54. The summed E-state index contributed by atoms with van der Waals surface area (Å²) in [6.07, 6.45) is 0. The van der Waals surface area contributed by atoms with Gasteiger partial charge in [0.15, 0.2) is 4.34 Å². The van der Waals surface area contributed by atoms with E-state index in [1.54, 1.807) is 30.1 Å². The van der Waals surface area contributed by atoms with Crippen molar-refractivity contribution in [3.05, 3.63) is 24.3 Å². The van der Waals surface area contributed by atoms with Crippen LogP contribution in [0.4, 0.5) is 4.79 Å². The average Bonchev–Trinajstić information content (AvgIpc) is 3.44. The molecule has 180 valence electrons. The molecule has 1 unspecified atom stereocenters. The molecule has 2 fully saturated rings. The number of rotatable bonds is 6. The minimum Gasteiger partial charge on any atom is -0.395 e. The van der Waals surface area contributed by atoms with E-state index in [4.69, 9.17) is 9.98 Å². The summed E-state index contributed by atoms with van der Waals surface area (Å²) in [6, 6.07) is 7.13. The summed E-state index contributed by atoms with van der Waals surface area (Å²) >= 11 is 3.34. The van der Waals surface area contributed by atoms with Crippen molar-refractivity contribution in [1.29, 1.82) is 0 Å². The summed E-state index contributed by atoms with van der Waals surface area (Å²) in [5.41, 5.74) is 0.999. The number of likely N-dealkylation sites (N-methyl/N-ethyl adjacent to an activating group) is 2. The number of piperazine rings is 1. The first-order valence-corrected chi connectivity index (χ1v) is 13.1. The van der Waals surface area contributed by atoms with E-state index in [9.17, 15) is 14.7 Å². The number of aliphatic imine (C=N–C) groups is 1. The molecule has 1 atom stereocenters. The van der Waals surface area contributed by atoms with Gasteiger partial charge in [-0.2, -0.15) is 0 Å². The molecule has 2 aromatic rings. The van der Waals surface area contributed by atoms with Gasteiger partial charge in [0.05, 0.1) is 36.5 Å². The molecule has 34 heavy (non-hydrogen) atoms. The van der Waals surface area contributed by atoms with Crippen molar-refractivity contribution in [2.75, 3.05) is 65.7 Å². The van der Waals surface area contributed by atoms with Gasteiger partial charge in [-0.1, -0.05) is 28.9 Å². The first kappa shape index (κ1) is 23.2. The lowest BCUT2D eigenvalue weighted by molar-refractivity contribution is -0.544. The van der Waals surface area contributed by atoms with Crippen LogP contribution in [0.25, 0.3) is 10.2 Å². The van der Waals surface area contributed by atoms with Crippen LogP contribution in [-0.2, 0) is 4.79 Å². The lowest BCUT2D eigenvalue weighted by atomic mass is 10.1. The number of guanidine groups is 1. The second kappa shape index (κ2) is 9.61. The minimum absolute atomic E-state index is 0.143.